The lowest BCUT2D eigenvalue weighted by Gasteiger charge is -2.05. The molecule has 0 spiro atoms. The van der Waals surface area contributed by atoms with Gasteiger partial charge in [0.15, 0.2) is 0 Å². The van der Waals surface area contributed by atoms with Crippen molar-refractivity contribution in [1.29, 1.82) is 5.26 Å². The minimum atomic E-state index is -4.31. The molecule has 0 aliphatic rings. The van der Waals surface area contributed by atoms with Crippen LogP contribution >= 0.6 is 0 Å². The van der Waals surface area contributed by atoms with Crippen LogP contribution in [-0.2, 0) is 10.1 Å². The zero-order chi connectivity index (χ0) is 10.9. The van der Waals surface area contributed by atoms with E-state index in [1.54, 1.807) is 26.0 Å². The van der Waals surface area contributed by atoms with Gasteiger partial charge in [-0.15, -0.1) is 0 Å². The molecule has 0 heterocycles. The average Bonchev–Trinajstić information content (AvgIpc) is 2.07. The Morgan fingerprint density at radius 1 is 1.36 bits per heavy atom. The highest BCUT2D eigenvalue weighted by Gasteiger charge is 2.17. The van der Waals surface area contributed by atoms with E-state index in [2.05, 4.69) is 0 Å². The van der Waals surface area contributed by atoms with Crippen LogP contribution in [0.15, 0.2) is 17.0 Å². The topological polar surface area (TPSA) is 78.2 Å². The number of rotatable bonds is 1. The Hall–Kier alpha value is -1.38. The maximum atomic E-state index is 10.9. The molecule has 14 heavy (non-hydrogen) atoms. The first-order chi connectivity index (χ1) is 6.38. The highest BCUT2D eigenvalue weighted by Crippen LogP contribution is 2.21. The molecule has 4 nitrogen and oxygen atoms in total. The maximum absolute atomic E-state index is 10.9. The summed E-state index contributed by atoms with van der Waals surface area (Å²) in [4.78, 5) is -0.330. The van der Waals surface area contributed by atoms with E-state index in [0.717, 1.165) is 5.56 Å². The van der Waals surface area contributed by atoms with E-state index in [0.29, 0.717) is 5.56 Å². The summed E-state index contributed by atoms with van der Waals surface area (Å²) in [6.07, 6.45) is 0. The highest BCUT2D eigenvalue weighted by atomic mass is 32.2. The predicted octanol–water partition coefficient (Wildman–Crippen LogP) is 1.42. The molecule has 0 fully saturated rings. The molecule has 0 bridgehead atoms. The van der Waals surface area contributed by atoms with Crippen LogP contribution < -0.4 is 0 Å². The summed E-state index contributed by atoms with van der Waals surface area (Å²) in [5.74, 6) is 0. The summed E-state index contributed by atoms with van der Waals surface area (Å²) in [6, 6.07) is 4.56. The molecular weight excluding hydrogens is 202 g/mol. The first-order valence-corrected chi connectivity index (χ1v) is 5.29. The van der Waals surface area contributed by atoms with Crippen molar-refractivity contribution in [2.45, 2.75) is 18.7 Å². The molecule has 0 radical (unpaired) electrons. The molecule has 1 N–H and O–H groups in total. The monoisotopic (exact) mass is 211 g/mol. The number of hydrogen-bond donors (Lipinski definition) is 1. The normalized spacial score (nSPS) is 11.0. The maximum Gasteiger partial charge on any atom is 0.295 e. The second-order valence-electron chi connectivity index (χ2n) is 2.97. The van der Waals surface area contributed by atoms with Gasteiger partial charge in [0.25, 0.3) is 10.1 Å². The Balaban J connectivity index is 3.66. The van der Waals surface area contributed by atoms with Crippen molar-refractivity contribution in [3.63, 3.8) is 0 Å². The number of hydrogen-bond acceptors (Lipinski definition) is 3. The summed E-state index contributed by atoms with van der Waals surface area (Å²) in [7, 11) is -4.31. The third kappa shape index (κ3) is 1.76. The molecule has 74 valence electrons. The lowest BCUT2D eigenvalue weighted by molar-refractivity contribution is 0.483. The number of nitriles is 1. The molecule has 1 aromatic carbocycles. The van der Waals surface area contributed by atoms with E-state index in [9.17, 15) is 8.42 Å². The quantitative estimate of drug-likeness (QED) is 0.712. The first kappa shape index (κ1) is 10.7. The van der Waals surface area contributed by atoms with Crippen LogP contribution in [0, 0.1) is 25.2 Å². The van der Waals surface area contributed by atoms with Gasteiger partial charge in [-0.3, -0.25) is 4.55 Å². The molecule has 0 saturated carbocycles. The third-order valence-electron chi connectivity index (χ3n) is 2.09. The molecule has 0 amide bonds. The largest absolute Gasteiger partial charge is 0.295 e. The molecule has 0 atom stereocenters. The van der Waals surface area contributed by atoms with Crippen molar-refractivity contribution in [3.05, 3.63) is 28.8 Å². The summed E-state index contributed by atoms with van der Waals surface area (Å²) in [5, 5.41) is 8.76. The molecular formula is C9H9NO3S. The van der Waals surface area contributed by atoms with Gasteiger partial charge in [0, 0.05) is 0 Å². The molecule has 0 aromatic heterocycles. The molecule has 0 aliphatic heterocycles. The molecule has 0 saturated heterocycles. The van der Waals surface area contributed by atoms with Crippen molar-refractivity contribution in [2.24, 2.45) is 0 Å². The van der Waals surface area contributed by atoms with Gasteiger partial charge < -0.3 is 0 Å². The van der Waals surface area contributed by atoms with Gasteiger partial charge in [-0.25, -0.2) is 0 Å². The highest BCUT2D eigenvalue weighted by molar-refractivity contribution is 7.85. The Kier molecular flexibility index (Phi) is 2.60. The third-order valence-corrected chi connectivity index (χ3v) is 2.98. The summed E-state index contributed by atoms with van der Waals surface area (Å²) in [6.45, 7) is 3.41. The van der Waals surface area contributed by atoms with E-state index in [1.165, 1.54) is 6.07 Å². The second-order valence-corrected chi connectivity index (χ2v) is 4.36. The zero-order valence-corrected chi connectivity index (χ0v) is 8.59. The van der Waals surface area contributed by atoms with Crippen LogP contribution in [0.4, 0.5) is 0 Å². The van der Waals surface area contributed by atoms with Crippen molar-refractivity contribution >= 4 is 10.1 Å². The van der Waals surface area contributed by atoms with E-state index in [-0.39, 0.29) is 10.5 Å². The standard InChI is InChI=1S/C9H9NO3S/c1-6-3-4-9(14(11,12)13)8(5-10)7(6)2/h3-4H,1-2H3,(H,11,12,13). The van der Waals surface area contributed by atoms with Crippen LogP contribution in [0.25, 0.3) is 0 Å². The fourth-order valence-corrected chi connectivity index (χ4v) is 1.84. The first-order valence-electron chi connectivity index (χ1n) is 3.85. The van der Waals surface area contributed by atoms with E-state index in [4.69, 9.17) is 9.81 Å². The van der Waals surface area contributed by atoms with Crippen LogP contribution in [0.3, 0.4) is 0 Å². The number of nitrogens with zero attached hydrogens (tertiary/aromatic N) is 1. The molecule has 1 rings (SSSR count). The van der Waals surface area contributed by atoms with Crippen molar-refractivity contribution in [1.82, 2.24) is 0 Å². The van der Waals surface area contributed by atoms with Gasteiger partial charge in [0.1, 0.15) is 11.0 Å². The Morgan fingerprint density at radius 2 is 1.93 bits per heavy atom. The lowest BCUT2D eigenvalue weighted by atomic mass is 10.0. The Morgan fingerprint density at radius 3 is 2.36 bits per heavy atom. The summed E-state index contributed by atoms with van der Waals surface area (Å²) in [5.41, 5.74) is 1.39. The van der Waals surface area contributed by atoms with E-state index in [1.807, 2.05) is 0 Å². The summed E-state index contributed by atoms with van der Waals surface area (Å²) >= 11 is 0. The molecule has 0 unspecified atom stereocenters. The van der Waals surface area contributed by atoms with Gasteiger partial charge in [-0.2, -0.15) is 13.7 Å². The fourth-order valence-electron chi connectivity index (χ4n) is 1.14. The van der Waals surface area contributed by atoms with Crippen molar-refractivity contribution in [3.8, 4) is 6.07 Å². The van der Waals surface area contributed by atoms with Crippen LogP contribution in [0.2, 0.25) is 0 Å². The number of aryl methyl sites for hydroxylation is 1. The van der Waals surface area contributed by atoms with Crippen molar-refractivity contribution in [2.75, 3.05) is 0 Å². The summed E-state index contributed by atoms with van der Waals surface area (Å²) < 4.78 is 30.6. The van der Waals surface area contributed by atoms with Gasteiger partial charge in [0.2, 0.25) is 0 Å². The van der Waals surface area contributed by atoms with Crippen LogP contribution in [-0.4, -0.2) is 13.0 Å². The van der Waals surface area contributed by atoms with Gasteiger partial charge in [-0.1, -0.05) is 6.07 Å². The smallest absolute Gasteiger partial charge is 0.282 e. The number of benzene rings is 1. The van der Waals surface area contributed by atoms with Crippen molar-refractivity contribution < 1.29 is 13.0 Å². The zero-order valence-electron chi connectivity index (χ0n) is 7.77. The second kappa shape index (κ2) is 3.40. The van der Waals surface area contributed by atoms with Gasteiger partial charge >= 0.3 is 0 Å². The molecule has 0 aliphatic carbocycles. The fraction of sp³-hybridized carbons (Fsp3) is 0.222. The van der Waals surface area contributed by atoms with Crippen LogP contribution in [0.1, 0.15) is 16.7 Å². The van der Waals surface area contributed by atoms with Gasteiger partial charge in [-0.05, 0) is 31.0 Å². The lowest BCUT2D eigenvalue weighted by Crippen LogP contribution is -2.03. The molecule has 5 heteroatoms. The predicted molar refractivity (Wildman–Crippen MR) is 50.4 cm³/mol. The van der Waals surface area contributed by atoms with E-state index < -0.39 is 10.1 Å². The van der Waals surface area contributed by atoms with Crippen LogP contribution in [0.5, 0.6) is 0 Å². The minimum Gasteiger partial charge on any atom is -0.282 e. The molecule has 1 aromatic rings. The Labute approximate surface area is 82.5 Å². The Bertz CT molecular complexity index is 512. The average molecular weight is 211 g/mol. The SMILES string of the molecule is Cc1ccc(S(=O)(=O)O)c(C#N)c1C. The minimum absolute atomic E-state index is 0.00694. The van der Waals surface area contributed by atoms with E-state index >= 15 is 0 Å². The van der Waals surface area contributed by atoms with Gasteiger partial charge in [0.05, 0.1) is 5.56 Å².